The van der Waals surface area contributed by atoms with Crippen LogP contribution in [0.5, 0.6) is 0 Å². The van der Waals surface area contributed by atoms with Gasteiger partial charge in [-0.1, -0.05) is 0 Å². The minimum Gasteiger partial charge on any atom is -0.351 e. The molecular weight excluding hydrogens is 272 g/mol. The van der Waals surface area contributed by atoms with Gasteiger partial charge in [-0.25, -0.2) is 26.3 Å². The molecule has 0 saturated carbocycles. The van der Waals surface area contributed by atoms with Crippen molar-refractivity contribution in [1.82, 2.24) is 0 Å². The van der Waals surface area contributed by atoms with Gasteiger partial charge in [0.1, 0.15) is 0 Å². The first-order chi connectivity index (χ1) is 8.91. The van der Waals surface area contributed by atoms with Crippen molar-refractivity contribution in [3.63, 3.8) is 0 Å². The van der Waals surface area contributed by atoms with Gasteiger partial charge in [0.2, 0.25) is 0 Å². The molecule has 0 heterocycles. The molecule has 0 aromatic heterocycles. The fourth-order valence-electron chi connectivity index (χ4n) is 1.39. The zero-order valence-corrected chi connectivity index (χ0v) is 9.08. The van der Waals surface area contributed by atoms with Gasteiger partial charge in [0.15, 0.2) is 34.9 Å². The van der Waals surface area contributed by atoms with E-state index in [-0.39, 0.29) is 0 Å². The molecule has 0 unspecified atom stereocenters. The Kier molecular flexibility index (Phi) is 3.37. The summed E-state index contributed by atoms with van der Waals surface area (Å²) in [7, 11) is 0. The van der Waals surface area contributed by atoms with Crippen LogP contribution in [0.25, 0.3) is 0 Å². The standard InChI is InChI=1S/C12H5F6N/c13-5-1-3-7(11(17)9(5)15)19-8-4-2-6(14)10(16)12(8)18/h1-4,19H. The van der Waals surface area contributed by atoms with Gasteiger partial charge in [0, 0.05) is 0 Å². The Morgan fingerprint density at radius 2 is 0.895 bits per heavy atom. The maximum Gasteiger partial charge on any atom is 0.196 e. The number of hydrogen-bond acceptors (Lipinski definition) is 1. The van der Waals surface area contributed by atoms with Crippen molar-refractivity contribution in [1.29, 1.82) is 0 Å². The molecule has 0 bridgehead atoms. The monoisotopic (exact) mass is 277 g/mol. The molecule has 1 nitrogen and oxygen atoms in total. The van der Waals surface area contributed by atoms with Crippen molar-refractivity contribution in [2.75, 3.05) is 5.32 Å². The average Bonchev–Trinajstić information content (AvgIpc) is 2.39. The van der Waals surface area contributed by atoms with Crippen LogP contribution in [0.3, 0.4) is 0 Å². The highest BCUT2D eigenvalue weighted by molar-refractivity contribution is 5.61. The van der Waals surface area contributed by atoms with E-state index in [2.05, 4.69) is 0 Å². The van der Waals surface area contributed by atoms with Crippen molar-refractivity contribution in [2.45, 2.75) is 0 Å². The maximum atomic E-state index is 13.3. The highest BCUT2D eigenvalue weighted by atomic mass is 19.2. The van der Waals surface area contributed by atoms with Crippen LogP contribution in [-0.2, 0) is 0 Å². The molecule has 0 atom stereocenters. The molecule has 2 aromatic rings. The first-order valence-corrected chi connectivity index (χ1v) is 4.96. The van der Waals surface area contributed by atoms with Crippen LogP contribution in [-0.4, -0.2) is 0 Å². The molecule has 0 aliphatic heterocycles. The van der Waals surface area contributed by atoms with Crippen LogP contribution < -0.4 is 5.32 Å². The maximum absolute atomic E-state index is 13.3. The molecule has 0 aliphatic carbocycles. The number of benzene rings is 2. The fraction of sp³-hybridized carbons (Fsp3) is 0. The van der Waals surface area contributed by atoms with Gasteiger partial charge in [-0.2, -0.15) is 0 Å². The molecule has 2 aromatic carbocycles. The average molecular weight is 277 g/mol. The molecule has 0 aliphatic rings. The minimum atomic E-state index is -1.76. The summed E-state index contributed by atoms with van der Waals surface area (Å²) in [6.07, 6.45) is 0. The molecule has 2 rings (SSSR count). The lowest BCUT2D eigenvalue weighted by Crippen LogP contribution is -2.02. The smallest absolute Gasteiger partial charge is 0.196 e. The summed E-state index contributed by atoms with van der Waals surface area (Å²) in [5, 5.41) is 2.01. The number of anilines is 2. The molecule has 0 saturated heterocycles. The Labute approximate surface area is 103 Å². The van der Waals surface area contributed by atoms with E-state index in [0.29, 0.717) is 12.1 Å². The van der Waals surface area contributed by atoms with E-state index in [1.807, 2.05) is 5.32 Å². The summed E-state index contributed by atoms with van der Waals surface area (Å²) in [6, 6.07) is 2.82. The molecule has 0 fully saturated rings. The minimum absolute atomic E-state index is 0.608. The van der Waals surface area contributed by atoms with Crippen LogP contribution in [0.15, 0.2) is 24.3 Å². The summed E-state index contributed by atoms with van der Waals surface area (Å²) < 4.78 is 77.8. The topological polar surface area (TPSA) is 12.0 Å². The third kappa shape index (κ3) is 2.35. The van der Waals surface area contributed by atoms with E-state index in [0.717, 1.165) is 12.1 Å². The number of hydrogen-bond donors (Lipinski definition) is 1. The number of nitrogens with one attached hydrogen (secondary N) is 1. The van der Waals surface area contributed by atoms with Gasteiger partial charge in [-0.05, 0) is 24.3 Å². The molecule has 1 N–H and O–H groups in total. The van der Waals surface area contributed by atoms with E-state index in [1.54, 1.807) is 0 Å². The first-order valence-electron chi connectivity index (χ1n) is 4.96. The molecule has 0 spiro atoms. The van der Waals surface area contributed by atoms with E-state index in [4.69, 9.17) is 0 Å². The Balaban J connectivity index is 2.43. The van der Waals surface area contributed by atoms with E-state index < -0.39 is 46.3 Å². The lowest BCUT2D eigenvalue weighted by molar-refractivity contribution is 0.446. The van der Waals surface area contributed by atoms with Crippen LogP contribution in [0.4, 0.5) is 37.7 Å². The van der Waals surface area contributed by atoms with E-state index in [9.17, 15) is 26.3 Å². The normalized spacial score (nSPS) is 10.6. The molecule has 100 valence electrons. The Bertz CT molecular complexity index is 585. The second-order valence-corrected chi connectivity index (χ2v) is 3.57. The van der Waals surface area contributed by atoms with Crippen molar-refractivity contribution in [2.24, 2.45) is 0 Å². The van der Waals surface area contributed by atoms with Gasteiger partial charge in [-0.3, -0.25) is 0 Å². The predicted octanol–water partition coefficient (Wildman–Crippen LogP) is 4.26. The Hall–Kier alpha value is -2.18. The zero-order valence-electron chi connectivity index (χ0n) is 9.08. The third-order valence-corrected chi connectivity index (χ3v) is 2.34. The Morgan fingerprint density at radius 1 is 0.526 bits per heavy atom. The first kappa shape index (κ1) is 13.3. The lowest BCUT2D eigenvalue weighted by Gasteiger charge is -2.10. The lowest BCUT2D eigenvalue weighted by atomic mass is 10.2. The van der Waals surface area contributed by atoms with Gasteiger partial charge >= 0.3 is 0 Å². The third-order valence-electron chi connectivity index (χ3n) is 2.34. The predicted molar refractivity (Wildman–Crippen MR) is 55.9 cm³/mol. The molecular formula is C12H5F6N. The van der Waals surface area contributed by atoms with Gasteiger partial charge in [0.05, 0.1) is 11.4 Å². The summed E-state index contributed by atoms with van der Waals surface area (Å²) in [5.74, 6) is -9.54. The van der Waals surface area contributed by atoms with Crippen molar-refractivity contribution < 1.29 is 26.3 Å². The summed E-state index contributed by atoms with van der Waals surface area (Å²) in [5.41, 5.74) is -1.22. The van der Waals surface area contributed by atoms with Crippen molar-refractivity contribution >= 4 is 11.4 Å². The van der Waals surface area contributed by atoms with E-state index in [1.165, 1.54) is 0 Å². The second-order valence-electron chi connectivity index (χ2n) is 3.57. The van der Waals surface area contributed by atoms with E-state index >= 15 is 0 Å². The van der Waals surface area contributed by atoms with Gasteiger partial charge in [0.25, 0.3) is 0 Å². The Morgan fingerprint density at radius 3 is 1.26 bits per heavy atom. The summed E-state index contributed by atoms with van der Waals surface area (Å²) in [4.78, 5) is 0. The SMILES string of the molecule is Fc1ccc(Nc2ccc(F)c(F)c2F)c(F)c1F. The van der Waals surface area contributed by atoms with Crippen molar-refractivity contribution in [3.8, 4) is 0 Å². The quantitative estimate of drug-likeness (QED) is 0.638. The van der Waals surface area contributed by atoms with Crippen LogP contribution >= 0.6 is 0 Å². The second kappa shape index (κ2) is 4.83. The summed E-state index contributed by atoms with van der Waals surface area (Å²) in [6.45, 7) is 0. The fourth-order valence-corrected chi connectivity index (χ4v) is 1.39. The number of halogens is 6. The summed E-state index contributed by atoms with van der Waals surface area (Å²) >= 11 is 0. The van der Waals surface area contributed by atoms with Gasteiger partial charge in [-0.15, -0.1) is 0 Å². The van der Waals surface area contributed by atoms with Crippen molar-refractivity contribution in [3.05, 3.63) is 59.2 Å². The largest absolute Gasteiger partial charge is 0.351 e. The zero-order chi connectivity index (χ0) is 14.2. The highest BCUT2D eigenvalue weighted by Crippen LogP contribution is 2.26. The van der Waals surface area contributed by atoms with Gasteiger partial charge < -0.3 is 5.32 Å². The van der Waals surface area contributed by atoms with Crippen LogP contribution in [0.2, 0.25) is 0 Å². The molecule has 0 radical (unpaired) electrons. The number of rotatable bonds is 2. The molecule has 19 heavy (non-hydrogen) atoms. The van der Waals surface area contributed by atoms with Crippen LogP contribution in [0.1, 0.15) is 0 Å². The highest BCUT2D eigenvalue weighted by Gasteiger charge is 2.17. The van der Waals surface area contributed by atoms with Crippen LogP contribution in [0, 0.1) is 34.9 Å². The molecule has 0 amide bonds. The molecule has 7 heteroatoms.